The van der Waals surface area contributed by atoms with Crippen molar-refractivity contribution in [2.75, 3.05) is 6.61 Å². The van der Waals surface area contributed by atoms with E-state index in [-0.39, 0.29) is 5.97 Å². The molecule has 1 heterocycles. The number of imidazole rings is 1. The van der Waals surface area contributed by atoms with Gasteiger partial charge in [0, 0.05) is 12.8 Å². The first-order valence-corrected chi connectivity index (χ1v) is 10.3. The molecular formula is C24H30N2O2. The third-order valence-electron chi connectivity index (χ3n) is 5.33. The zero-order chi connectivity index (χ0) is 19.9. The Morgan fingerprint density at radius 3 is 2.61 bits per heavy atom. The summed E-state index contributed by atoms with van der Waals surface area (Å²) < 4.78 is 5.02. The van der Waals surface area contributed by atoms with Crippen LogP contribution in [0.2, 0.25) is 0 Å². The van der Waals surface area contributed by atoms with Crippen molar-refractivity contribution < 1.29 is 9.53 Å². The topological polar surface area (TPSA) is 55.0 Å². The molecule has 4 heteroatoms. The summed E-state index contributed by atoms with van der Waals surface area (Å²) in [6.45, 7) is 6.63. The molecule has 4 nitrogen and oxygen atoms in total. The minimum atomic E-state index is -0.100. The minimum absolute atomic E-state index is 0.100. The maximum absolute atomic E-state index is 11.5. The maximum atomic E-state index is 11.5. The van der Waals surface area contributed by atoms with Crippen LogP contribution in [-0.4, -0.2) is 22.5 Å². The van der Waals surface area contributed by atoms with E-state index in [1.54, 1.807) is 0 Å². The number of ether oxygens (including phenoxy) is 1. The van der Waals surface area contributed by atoms with E-state index in [0.29, 0.717) is 13.0 Å². The van der Waals surface area contributed by atoms with E-state index in [2.05, 4.69) is 49.2 Å². The van der Waals surface area contributed by atoms with Crippen molar-refractivity contribution in [3.05, 3.63) is 64.5 Å². The lowest BCUT2D eigenvalue weighted by Gasteiger charge is -2.10. The monoisotopic (exact) mass is 378 g/mol. The maximum Gasteiger partial charge on any atom is 0.305 e. The van der Waals surface area contributed by atoms with E-state index in [1.165, 1.54) is 22.3 Å². The molecule has 0 bridgehead atoms. The fourth-order valence-corrected chi connectivity index (χ4v) is 3.65. The van der Waals surface area contributed by atoms with Crippen LogP contribution in [-0.2, 0) is 28.8 Å². The number of aromatic nitrogens is 2. The largest absolute Gasteiger partial charge is 0.466 e. The van der Waals surface area contributed by atoms with Crippen molar-refractivity contribution in [3.8, 4) is 0 Å². The van der Waals surface area contributed by atoms with Crippen LogP contribution < -0.4 is 0 Å². The van der Waals surface area contributed by atoms with Gasteiger partial charge in [0.25, 0.3) is 0 Å². The van der Waals surface area contributed by atoms with E-state index >= 15 is 0 Å². The highest BCUT2D eigenvalue weighted by atomic mass is 16.5. The Bertz CT molecular complexity index is 929. The average Bonchev–Trinajstić information content (AvgIpc) is 3.09. The molecule has 3 rings (SSSR count). The molecule has 148 valence electrons. The molecule has 28 heavy (non-hydrogen) atoms. The fraction of sp³-hybridized carbons (Fsp3) is 0.417. The van der Waals surface area contributed by atoms with E-state index in [9.17, 15) is 4.79 Å². The third kappa shape index (κ3) is 5.00. The van der Waals surface area contributed by atoms with Crippen molar-refractivity contribution in [3.63, 3.8) is 0 Å². The molecule has 0 atom stereocenters. The number of aromatic amines is 1. The number of nitrogens with zero attached hydrogens (tertiary/aromatic N) is 1. The van der Waals surface area contributed by atoms with Crippen molar-refractivity contribution in [1.82, 2.24) is 9.97 Å². The van der Waals surface area contributed by atoms with Crippen molar-refractivity contribution >= 4 is 17.0 Å². The highest BCUT2D eigenvalue weighted by molar-refractivity contribution is 5.81. The molecule has 0 saturated heterocycles. The van der Waals surface area contributed by atoms with Gasteiger partial charge in [0.15, 0.2) is 0 Å². The molecule has 0 aliphatic heterocycles. The number of hydrogen-bond donors (Lipinski definition) is 1. The Labute approximate surface area is 167 Å². The van der Waals surface area contributed by atoms with E-state index in [0.717, 1.165) is 49.0 Å². The number of hydrogen-bond acceptors (Lipinski definition) is 3. The summed E-state index contributed by atoms with van der Waals surface area (Å²) in [5, 5.41) is 0. The van der Waals surface area contributed by atoms with Crippen molar-refractivity contribution in [2.24, 2.45) is 0 Å². The first-order valence-electron chi connectivity index (χ1n) is 10.3. The number of H-pyrrole nitrogens is 1. The van der Waals surface area contributed by atoms with Gasteiger partial charge in [-0.1, -0.05) is 30.3 Å². The Kier molecular flexibility index (Phi) is 6.85. The molecule has 2 aromatic carbocycles. The van der Waals surface area contributed by atoms with Gasteiger partial charge in [-0.3, -0.25) is 4.79 Å². The molecule has 0 aliphatic rings. The van der Waals surface area contributed by atoms with Crippen LogP contribution in [0.4, 0.5) is 0 Å². The highest BCUT2D eigenvalue weighted by Gasteiger charge is 2.13. The van der Waals surface area contributed by atoms with Crippen LogP contribution in [0.15, 0.2) is 36.4 Å². The van der Waals surface area contributed by atoms with Gasteiger partial charge in [0.1, 0.15) is 5.82 Å². The lowest BCUT2D eigenvalue weighted by molar-refractivity contribution is -0.143. The summed E-state index contributed by atoms with van der Waals surface area (Å²) in [7, 11) is 0. The number of benzene rings is 2. The van der Waals surface area contributed by atoms with E-state index in [4.69, 9.17) is 9.72 Å². The van der Waals surface area contributed by atoms with Gasteiger partial charge >= 0.3 is 5.97 Å². The molecule has 1 N–H and O–H groups in total. The second-order valence-corrected chi connectivity index (χ2v) is 7.37. The van der Waals surface area contributed by atoms with Gasteiger partial charge < -0.3 is 9.72 Å². The molecule has 0 aliphatic carbocycles. The molecule has 0 fully saturated rings. The molecule has 0 saturated carbocycles. The summed E-state index contributed by atoms with van der Waals surface area (Å²) >= 11 is 0. The number of aryl methyl sites for hydroxylation is 4. The lowest BCUT2D eigenvalue weighted by Crippen LogP contribution is -2.04. The Morgan fingerprint density at radius 2 is 1.86 bits per heavy atom. The van der Waals surface area contributed by atoms with Gasteiger partial charge in [0.05, 0.1) is 17.6 Å². The molecular weight excluding hydrogens is 348 g/mol. The second kappa shape index (κ2) is 9.54. The van der Waals surface area contributed by atoms with Gasteiger partial charge in [0.2, 0.25) is 0 Å². The minimum Gasteiger partial charge on any atom is -0.466 e. The van der Waals surface area contributed by atoms with Crippen LogP contribution in [0, 0.1) is 13.8 Å². The second-order valence-electron chi connectivity index (χ2n) is 7.37. The third-order valence-corrected chi connectivity index (χ3v) is 5.33. The number of nitrogens with one attached hydrogen (secondary N) is 1. The number of esters is 1. The number of carbonyl (C=O) groups excluding carboxylic acids is 1. The Hall–Kier alpha value is -2.62. The number of fused-ring (bicyclic) bond motifs is 1. The van der Waals surface area contributed by atoms with Gasteiger partial charge in [-0.05, 0) is 74.8 Å². The number of rotatable bonds is 9. The van der Waals surface area contributed by atoms with Gasteiger partial charge in [-0.2, -0.15) is 0 Å². The highest BCUT2D eigenvalue weighted by Crippen LogP contribution is 2.26. The van der Waals surface area contributed by atoms with Crippen molar-refractivity contribution in [2.45, 2.75) is 59.3 Å². The van der Waals surface area contributed by atoms with E-state index in [1.807, 2.05) is 13.0 Å². The standard InChI is InChI=1S/C24H30N2O2/c1-4-28-23(27)13-9-8-12-20-18(3)17(2)16-21-24(20)26-22(25-21)15-14-19-10-6-5-7-11-19/h5-7,10-11,16H,4,8-9,12-15H2,1-3H3,(H,25,26). The summed E-state index contributed by atoms with van der Waals surface area (Å²) in [4.78, 5) is 20.0. The van der Waals surface area contributed by atoms with Crippen LogP contribution >= 0.6 is 0 Å². The summed E-state index contributed by atoms with van der Waals surface area (Å²) in [5.41, 5.74) is 7.43. The van der Waals surface area contributed by atoms with Gasteiger partial charge in [-0.25, -0.2) is 4.98 Å². The number of carbonyl (C=O) groups is 1. The molecule has 3 aromatic rings. The first-order chi connectivity index (χ1) is 13.6. The predicted molar refractivity (Wildman–Crippen MR) is 114 cm³/mol. The average molecular weight is 379 g/mol. The molecule has 0 unspecified atom stereocenters. The lowest BCUT2D eigenvalue weighted by atomic mass is 9.97. The fourth-order valence-electron chi connectivity index (χ4n) is 3.65. The summed E-state index contributed by atoms with van der Waals surface area (Å²) in [6, 6.07) is 12.7. The molecule has 1 aromatic heterocycles. The van der Waals surface area contributed by atoms with E-state index < -0.39 is 0 Å². The molecule has 0 radical (unpaired) electrons. The molecule has 0 spiro atoms. The summed E-state index contributed by atoms with van der Waals surface area (Å²) in [5.74, 6) is 0.938. The SMILES string of the molecule is CCOC(=O)CCCCc1c(C)c(C)cc2[nH]c(CCc3ccccc3)nc12. The normalized spacial score (nSPS) is 11.1. The Morgan fingerprint density at radius 1 is 1.07 bits per heavy atom. The number of unbranched alkanes of at least 4 members (excludes halogenated alkanes) is 1. The summed E-state index contributed by atoms with van der Waals surface area (Å²) in [6.07, 6.45) is 5.12. The quantitative estimate of drug-likeness (QED) is 0.409. The van der Waals surface area contributed by atoms with Crippen molar-refractivity contribution in [1.29, 1.82) is 0 Å². The van der Waals surface area contributed by atoms with Gasteiger partial charge in [-0.15, -0.1) is 0 Å². The Balaban J connectivity index is 1.71. The zero-order valence-corrected chi connectivity index (χ0v) is 17.2. The zero-order valence-electron chi connectivity index (χ0n) is 17.2. The van der Waals surface area contributed by atoms with Crippen LogP contribution in [0.1, 0.15) is 54.3 Å². The molecule has 0 amide bonds. The predicted octanol–water partition coefficient (Wildman–Crippen LogP) is 5.24. The first kappa shape index (κ1) is 20.1. The van der Waals surface area contributed by atoms with Crippen LogP contribution in [0.25, 0.3) is 11.0 Å². The van der Waals surface area contributed by atoms with Crippen LogP contribution in [0.3, 0.4) is 0 Å². The smallest absolute Gasteiger partial charge is 0.305 e. The van der Waals surface area contributed by atoms with Crippen LogP contribution in [0.5, 0.6) is 0 Å².